The van der Waals surface area contributed by atoms with E-state index in [1.54, 1.807) is 12.1 Å². The van der Waals surface area contributed by atoms with Crippen LogP contribution >= 0.6 is 23.2 Å². The first-order valence-electron chi connectivity index (χ1n) is 17.7. The first-order chi connectivity index (χ1) is 25.5. The van der Waals surface area contributed by atoms with Crippen LogP contribution in [0.4, 0.5) is 4.79 Å². The van der Waals surface area contributed by atoms with Gasteiger partial charge in [-0.1, -0.05) is 59.6 Å². The largest absolute Gasteiger partial charge is 0.493 e. The van der Waals surface area contributed by atoms with Crippen molar-refractivity contribution in [3.63, 3.8) is 0 Å². The molecule has 12 nitrogen and oxygen atoms in total. The summed E-state index contributed by atoms with van der Waals surface area (Å²) in [5.74, 6) is 0.00305. The van der Waals surface area contributed by atoms with Gasteiger partial charge in [-0.05, 0) is 67.6 Å². The number of aliphatic carboxylic acids is 1. The summed E-state index contributed by atoms with van der Waals surface area (Å²) in [5, 5.41) is 14.0. The summed E-state index contributed by atoms with van der Waals surface area (Å²) in [6.07, 6.45) is 2.75. The Balaban J connectivity index is 1.20. The van der Waals surface area contributed by atoms with Crippen LogP contribution in [0, 0.1) is 0 Å². The van der Waals surface area contributed by atoms with Crippen molar-refractivity contribution in [3.05, 3.63) is 87.4 Å². The molecular weight excluding hydrogens is 723 g/mol. The lowest BCUT2D eigenvalue weighted by Gasteiger charge is -2.45. The number of morpholine rings is 1. The number of rotatable bonds is 11. The highest BCUT2D eigenvalue weighted by Gasteiger charge is 2.44. The number of piperidine rings is 1. The predicted molar refractivity (Wildman–Crippen MR) is 201 cm³/mol. The molecule has 284 valence electrons. The number of methoxy groups -OCH3 is 3. The van der Waals surface area contributed by atoms with Crippen LogP contribution in [0.25, 0.3) is 0 Å². The van der Waals surface area contributed by atoms with Crippen LogP contribution in [0.2, 0.25) is 10.0 Å². The van der Waals surface area contributed by atoms with E-state index in [9.17, 15) is 19.5 Å². The zero-order chi connectivity index (χ0) is 37.8. The normalized spacial score (nSPS) is 21.6. The Kier molecular flexibility index (Phi) is 11.9. The summed E-state index contributed by atoms with van der Waals surface area (Å²) in [6.45, 7) is 3.61. The van der Waals surface area contributed by atoms with Gasteiger partial charge in [-0.15, -0.1) is 0 Å². The lowest BCUT2D eigenvalue weighted by Crippen LogP contribution is -2.61. The van der Waals surface area contributed by atoms with Gasteiger partial charge in [0.05, 0.1) is 50.1 Å². The number of nitrogens with zero attached hydrogens (tertiary/aromatic N) is 3. The molecule has 2 atom stereocenters. The molecule has 2 N–H and O–H groups in total. The molecule has 0 bridgehead atoms. The van der Waals surface area contributed by atoms with E-state index in [0.29, 0.717) is 71.9 Å². The number of benzene rings is 3. The topological polar surface area (TPSA) is 130 Å². The van der Waals surface area contributed by atoms with E-state index in [1.165, 1.54) is 26.2 Å². The van der Waals surface area contributed by atoms with E-state index in [4.69, 9.17) is 42.1 Å². The van der Waals surface area contributed by atoms with Crippen LogP contribution in [-0.4, -0.2) is 118 Å². The minimum atomic E-state index is -1.09. The van der Waals surface area contributed by atoms with E-state index < -0.39 is 29.0 Å². The fourth-order valence-electron chi connectivity index (χ4n) is 7.94. The number of halogens is 2. The third-order valence-corrected chi connectivity index (χ3v) is 11.8. The van der Waals surface area contributed by atoms with Gasteiger partial charge in [-0.2, -0.15) is 0 Å². The zero-order valence-electron chi connectivity index (χ0n) is 30.2. The van der Waals surface area contributed by atoms with Crippen molar-refractivity contribution in [2.75, 3.05) is 73.8 Å². The van der Waals surface area contributed by atoms with Gasteiger partial charge < -0.3 is 44.1 Å². The average molecular weight is 770 g/mol. The highest BCUT2D eigenvalue weighted by Crippen LogP contribution is 2.43. The summed E-state index contributed by atoms with van der Waals surface area (Å²) in [5.41, 5.74) is 1.38. The van der Waals surface area contributed by atoms with Crippen LogP contribution in [-0.2, 0) is 20.5 Å². The van der Waals surface area contributed by atoms with Crippen molar-refractivity contribution in [3.8, 4) is 17.2 Å². The van der Waals surface area contributed by atoms with Gasteiger partial charge >= 0.3 is 12.0 Å². The summed E-state index contributed by atoms with van der Waals surface area (Å²) >= 11 is 12.9. The first-order valence-corrected chi connectivity index (χ1v) is 18.5. The molecule has 3 aliphatic heterocycles. The number of ether oxygens (including phenoxy) is 4. The van der Waals surface area contributed by atoms with Gasteiger partial charge in [0.25, 0.3) is 5.91 Å². The summed E-state index contributed by atoms with van der Waals surface area (Å²) in [6, 6.07) is 17.5. The number of hydrogen-bond donors (Lipinski definition) is 2. The Morgan fingerprint density at radius 2 is 1.57 bits per heavy atom. The van der Waals surface area contributed by atoms with Gasteiger partial charge in [0, 0.05) is 43.7 Å². The van der Waals surface area contributed by atoms with Gasteiger partial charge in [0.2, 0.25) is 5.75 Å². The van der Waals surface area contributed by atoms with Crippen molar-refractivity contribution in [1.29, 1.82) is 0 Å². The number of amides is 3. The maximum absolute atomic E-state index is 14.0. The Morgan fingerprint density at radius 1 is 0.868 bits per heavy atom. The van der Waals surface area contributed by atoms with E-state index in [0.717, 1.165) is 30.5 Å². The Bertz CT molecular complexity index is 1780. The monoisotopic (exact) mass is 768 g/mol. The minimum Gasteiger partial charge on any atom is -0.493 e. The molecule has 0 radical (unpaired) electrons. The van der Waals surface area contributed by atoms with Crippen molar-refractivity contribution < 1.29 is 38.4 Å². The van der Waals surface area contributed by atoms with Crippen LogP contribution in [0.1, 0.15) is 47.2 Å². The molecule has 3 aliphatic rings. The third-order valence-electron chi connectivity index (χ3n) is 11.0. The standard InChI is InChI=1S/C39H46Cl2N4O8/c1-50-32-21-26(22-33(51-2)34(32)52-3)35(46)44-18-12-38(25-44,28-9-10-29(40)30(41)23-28)11-15-43-16-13-39(14-17-43,27-7-5-4-6-8-27)42-37(49)45-19-20-53-24-31(45)36(47)48/h4-10,21-23,31H,11-20,24-25H2,1-3H3,(H,42,49)(H,47,48). The molecular formula is C39H46Cl2N4O8. The first kappa shape index (κ1) is 38.5. The number of carboxylic acids is 1. The zero-order valence-corrected chi connectivity index (χ0v) is 31.8. The molecule has 3 fully saturated rings. The molecule has 0 aliphatic carbocycles. The Morgan fingerprint density at radius 3 is 2.19 bits per heavy atom. The molecule has 3 aromatic rings. The van der Waals surface area contributed by atoms with E-state index >= 15 is 0 Å². The second kappa shape index (κ2) is 16.4. The molecule has 0 saturated carbocycles. The van der Waals surface area contributed by atoms with E-state index in [2.05, 4.69) is 10.2 Å². The quantitative estimate of drug-likeness (QED) is 0.253. The van der Waals surface area contributed by atoms with Gasteiger partial charge in [-0.3, -0.25) is 4.79 Å². The number of carbonyl (C=O) groups excluding carboxylic acids is 2. The molecule has 53 heavy (non-hydrogen) atoms. The number of urea groups is 1. The average Bonchev–Trinajstić information content (AvgIpc) is 3.63. The molecule has 2 unspecified atom stereocenters. The number of carboxylic acid groups (broad SMARTS) is 1. The third kappa shape index (κ3) is 8.01. The van der Waals surface area contributed by atoms with Crippen molar-refractivity contribution in [1.82, 2.24) is 20.0 Å². The fourth-order valence-corrected chi connectivity index (χ4v) is 8.24. The van der Waals surface area contributed by atoms with E-state index in [-0.39, 0.29) is 25.7 Å². The van der Waals surface area contributed by atoms with Crippen molar-refractivity contribution in [2.24, 2.45) is 0 Å². The van der Waals surface area contributed by atoms with E-state index in [1.807, 2.05) is 53.4 Å². The number of hydrogen-bond acceptors (Lipinski definition) is 8. The lowest BCUT2D eigenvalue weighted by molar-refractivity contribution is -0.147. The smallest absolute Gasteiger partial charge is 0.328 e. The van der Waals surface area contributed by atoms with Crippen LogP contribution in [0.15, 0.2) is 60.7 Å². The van der Waals surface area contributed by atoms with Crippen LogP contribution < -0.4 is 19.5 Å². The highest BCUT2D eigenvalue weighted by atomic mass is 35.5. The molecule has 0 aromatic heterocycles. The van der Waals surface area contributed by atoms with Crippen LogP contribution in [0.5, 0.6) is 17.2 Å². The van der Waals surface area contributed by atoms with Gasteiger partial charge in [0.1, 0.15) is 0 Å². The maximum Gasteiger partial charge on any atom is 0.328 e. The molecule has 6 rings (SSSR count). The number of nitrogens with one attached hydrogen (secondary N) is 1. The molecule has 0 spiro atoms. The highest BCUT2D eigenvalue weighted by molar-refractivity contribution is 6.42. The second-order valence-corrected chi connectivity index (χ2v) is 14.7. The molecule has 3 saturated heterocycles. The fraction of sp³-hybridized carbons (Fsp3) is 0.462. The molecule has 3 aromatic carbocycles. The summed E-state index contributed by atoms with van der Waals surface area (Å²) in [7, 11) is 4.57. The minimum absolute atomic E-state index is 0.0407. The molecule has 3 heterocycles. The summed E-state index contributed by atoms with van der Waals surface area (Å²) in [4.78, 5) is 45.3. The maximum atomic E-state index is 14.0. The second-order valence-electron chi connectivity index (χ2n) is 13.9. The van der Waals surface area contributed by atoms with Crippen molar-refractivity contribution >= 4 is 41.1 Å². The Labute approximate surface area is 319 Å². The molecule has 14 heteroatoms. The molecule has 3 amide bonds. The predicted octanol–water partition coefficient (Wildman–Crippen LogP) is 5.68. The number of likely N-dealkylation sites (tertiary alicyclic amines) is 2. The van der Waals surface area contributed by atoms with Crippen LogP contribution in [0.3, 0.4) is 0 Å². The lowest BCUT2D eigenvalue weighted by atomic mass is 9.76. The van der Waals surface area contributed by atoms with Gasteiger partial charge in [0.15, 0.2) is 17.5 Å². The van der Waals surface area contributed by atoms with Crippen molar-refractivity contribution in [2.45, 2.75) is 42.7 Å². The summed E-state index contributed by atoms with van der Waals surface area (Å²) < 4.78 is 21.9. The Hall–Kier alpha value is -4.23. The number of carbonyl (C=O) groups is 3. The SMILES string of the molecule is COc1cc(C(=O)N2CCC(CCN3CCC(NC(=O)N4CCOCC4C(=O)O)(c4ccccc4)CC3)(c3ccc(Cl)c(Cl)c3)C2)cc(OC)c1OC. The van der Waals surface area contributed by atoms with Gasteiger partial charge in [-0.25, -0.2) is 9.59 Å².